The molecule has 0 aromatic heterocycles. The second kappa shape index (κ2) is 5.22. The summed E-state index contributed by atoms with van der Waals surface area (Å²) in [5.74, 6) is 1.58. The Hall–Kier alpha value is -1.76. The minimum atomic E-state index is 0.638. The number of rotatable bonds is 2. The molecule has 2 aromatic rings. The van der Waals surface area contributed by atoms with Gasteiger partial charge in [-0.1, -0.05) is 42.5 Å². The predicted molar refractivity (Wildman–Crippen MR) is 88.7 cm³/mol. The van der Waals surface area contributed by atoms with Crippen LogP contribution in [-0.2, 0) is 12.8 Å². The molecule has 2 aliphatic carbocycles. The van der Waals surface area contributed by atoms with Crippen molar-refractivity contribution < 1.29 is 0 Å². The normalized spacial score (nSPS) is 27.0. The molecule has 0 radical (unpaired) electrons. The molecular formula is C20H23N. The summed E-state index contributed by atoms with van der Waals surface area (Å²) in [5, 5.41) is 3.89. The van der Waals surface area contributed by atoms with Crippen LogP contribution in [0.5, 0.6) is 0 Å². The number of benzene rings is 2. The number of hydrogen-bond donors (Lipinski definition) is 1. The van der Waals surface area contributed by atoms with Gasteiger partial charge in [0.05, 0.1) is 0 Å². The van der Waals surface area contributed by atoms with Crippen LogP contribution < -0.4 is 5.32 Å². The smallest absolute Gasteiger partial charge is 0.0372 e. The summed E-state index contributed by atoms with van der Waals surface area (Å²) < 4.78 is 0. The minimum Gasteiger partial charge on any atom is -0.382 e. The third-order valence-corrected chi connectivity index (χ3v) is 5.47. The quantitative estimate of drug-likeness (QED) is 0.846. The lowest BCUT2D eigenvalue weighted by molar-refractivity contribution is 0.449. The molecule has 2 unspecified atom stereocenters. The Morgan fingerprint density at radius 2 is 1.38 bits per heavy atom. The van der Waals surface area contributed by atoms with Crippen molar-refractivity contribution in [2.45, 2.75) is 38.6 Å². The van der Waals surface area contributed by atoms with E-state index in [-0.39, 0.29) is 0 Å². The summed E-state index contributed by atoms with van der Waals surface area (Å²) in [4.78, 5) is 0. The Bertz CT molecular complexity index is 613. The third kappa shape index (κ3) is 2.35. The van der Waals surface area contributed by atoms with Crippen LogP contribution in [0.25, 0.3) is 0 Å². The molecule has 1 saturated carbocycles. The van der Waals surface area contributed by atoms with E-state index in [1.807, 2.05) is 0 Å². The average molecular weight is 277 g/mol. The fraction of sp³-hybridized carbons (Fsp3) is 0.400. The van der Waals surface area contributed by atoms with E-state index in [1.54, 1.807) is 11.1 Å². The van der Waals surface area contributed by atoms with Gasteiger partial charge in [0.15, 0.2) is 0 Å². The van der Waals surface area contributed by atoms with Gasteiger partial charge in [0.1, 0.15) is 0 Å². The molecule has 0 spiro atoms. The van der Waals surface area contributed by atoms with Crippen LogP contribution in [-0.4, -0.2) is 6.04 Å². The minimum absolute atomic E-state index is 0.638. The van der Waals surface area contributed by atoms with Crippen molar-refractivity contribution in [3.63, 3.8) is 0 Å². The summed E-state index contributed by atoms with van der Waals surface area (Å²) >= 11 is 0. The maximum atomic E-state index is 3.89. The highest BCUT2D eigenvalue weighted by atomic mass is 14.9. The lowest BCUT2D eigenvalue weighted by atomic mass is 9.94. The van der Waals surface area contributed by atoms with Crippen LogP contribution in [0, 0.1) is 18.8 Å². The summed E-state index contributed by atoms with van der Waals surface area (Å²) in [5.41, 5.74) is 5.85. The van der Waals surface area contributed by atoms with Crippen molar-refractivity contribution in [1.82, 2.24) is 0 Å². The SMILES string of the molecule is Cc1ccccc1NC1C2CCC1Cc1ccccc1C2. The number of hydrogen-bond acceptors (Lipinski definition) is 1. The first kappa shape index (κ1) is 12.9. The van der Waals surface area contributed by atoms with Gasteiger partial charge in [-0.05, 0) is 67.2 Å². The highest BCUT2D eigenvalue weighted by Gasteiger charge is 2.38. The van der Waals surface area contributed by atoms with Crippen molar-refractivity contribution in [2.75, 3.05) is 5.32 Å². The summed E-state index contributed by atoms with van der Waals surface area (Å²) in [7, 11) is 0. The van der Waals surface area contributed by atoms with E-state index < -0.39 is 0 Å². The Morgan fingerprint density at radius 1 is 0.810 bits per heavy atom. The molecule has 21 heavy (non-hydrogen) atoms. The number of fused-ring (bicyclic) bond motifs is 3. The van der Waals surface area contributed by atoms with Gasteiger partial charge in [0.2, 0.25) is 0 Å². The standard InChI is InChI=1S/C20H23N/c1-14-6-2-5-9-19(14)21-20-17-10-11-18(20)13-16-8-4-3-7-15(16)12-17/h2-9,17-18,20-21H,10-13H2,1H3. The van der Waals surface area contributed by atoms with Crippen LogP contribution in [0.4, 0.5) is 5.69 Å². The molecule has 0 amide bonds. The van der Waals surface area contributed by atoms with Gasteiger partial charge >= 0.3 is 0 Å². The first-order valence-corrected chi connectivity index (χ1v) is 8.20. The lowest BCUT2D eigenvalue weighted by Crippen LogP contribution is -2.31. The number of anilines is 1. The van der Waals surface area contributed by atoms with E-state index >= 15 is 0 Å². The fourth-order valence-corrected chi connectivity index (χ4v) is 4.30. The zero-order chi connectivity index (χ0) is 14.2. The molecule has 1 nitrogen and oxygen atoms in total. The number of para-hydroxylation sites is 1. The molecule has 1 fully saturated rings. The largest absolute Gasteiger partial charge is 0.382 e. The van der Waals surface area contributed by atoms with Crippen molar-refractivity contribution >= 4 is 5.69 Å². The Balaban J connectivity index is 1.62. The summed E-state index contributed by atoms with van der Waals surface area (Å²) in [6.07, 6.45) is 5.25. The van der Waals surface area contributed by atoms with Crippen LogP contribution in [0.2, 0.25) is 0 Å². The highest BCUT2D eigenvalue weighted by Crippen LogP contribution is 2.41. The molecule has 2 aromatic carbocycles. The van der Waals surface area contributed by atoms with Crippen LogP contribution in [0.15, 0.2) is 48.5 Å². The van der Waals surface area contributed by atoms with Gasteiger partial charge in [-0.25, -0.2) is 0 Å². The highest BCUT2D eigenvalue weighted by molar-refractivity contribution is 5.51. The average Bonchev–Trinajstić information content (AvgIpc) is 2.76. The van der Waals surface area contributed by atoms with Crippen molar-refractivity contribution in [3.8, 4) is 0 Å². The van der Waals surface area contributed by atoms with Crippen LogP contribution in [0.3, 0.4) is 0 Å². The maximum Gasteiger partial charge on any atom is 0.0372 e. The molecular weight excluding hydrogens is 254 g/mol. The topological polar surface area (TPSA) is 12.0 Å². The molecule has 2 aliphatic rings. The second-order valence-corrected chi connectivity index (χ2v) is 6.76. The van der Waals surface area contributed by atoms with Gasteiger partial charge < -0.3 is 5.32 Å². The number of aryl methyl sites for hydroxylation is 1. The van der Waals surface area contributed by atoms with Gasteiger partial charge in [-0.15, -0.1) is 0 Å². The first-order valence-electron chi connectivity index (χ1n) is 8.20. The van der Waals surface area contributed by atoms with E-state index in [4.69, 9.17) is 0 Å². The monoisotopic (exact) mass is 277 g/mol. The fourth-order valence-electron chi connectivity index (χ4n) is 4.30. The molecule has 0 heterocycles. The summed E-state index contributed by atoms with van der Waals surface area (Å²) in [6.45, 7) is 2.20. The van der Waals surface area contributed by atoms with Gasteiger partial charge in [0.25, 0.3) is 0 Å². The first-order chi connectivity index (χ1) is 10.3. The maximum absolute atomic E-state index is 3.89. The zero-order valence-electron chi connectivity index (χ0n) is 12.7. The molecule has 4 rings (SSSR count). The zero-order valence-corrected chi connectivity index (χ0v) is 12.7. The second-order valence-electron chi connectivity index (χ2n) is 6.76. The van der Waals surface area contributed by atoms with E-state index in [2.05, 4.69) is 60.8 Å². The number of nitrogens with one attached hydrogen (secondary N) is 1. The predicted octanol–water partition coefficient (Wildman–Crippen LogP) is 4.60. The molecule has 0 aliphatic heterocycles. The van der Waals surface area contributed by atoms with Gasteiger partial charge in [0, 0.05) is 11.7 Å². The Kier molecular flexibility index (Phi) is 3.21. The molecule has 2 bridgehead atoms. The van der Waals surface area contributed by atoms with Crippen molar-refractivity contribution in [2.24, 2.45) is 11.8 Å². The van der Waals surface area contributed by atoms with Crippen molar-refractivity contribution in [3.05, 3.63) is 65.2 Å². The molecule has 2 atom stereocenters. The van der Waals surface area contributed by atoms with Gasteiger partial charge in [-0.2, -0.15) is 0 Å². The summed E-state index contributed by atoms with van der Waals surface area (Å²) in [6, 6.07) is 18.4. The van der Waals surface area contributed by atoms with Gasteiger partial charge in [-0.3, -0.25) is 0 Å². The molecule has 1 N–H and O–H groups in total. The van der Waals surface area contributed by atoms with E-state index in [0.29, 0.717) is 6.04 Å². The molecule has 108 valence electrons. The van der Waals surface area contributed by atoms with Crippen LogP contribution in [0.1, 0.15) is 29.5 Å². The van der Waals surface area contributed by atoms with E-state index in [1.165, 1.54) is 36.9 Å². The molecule has 0 saturated heterocycles. The lowest BCUT2D eigenvalue weighted by Gasteiger charge is -2.25. The third-order valence-electron chi connectivity index (χ3n) is 5.47. The Morgan fingerprint density at radius 3 is 2.00 bits per heavy atom. The van der Waals surface area contributed by atoms with Crippen molar-refractivity contribution in [1.29, 1.82) is 0 Å². The molecule has 1 heteroatoms. The Labute approximate surface area is 127 Å². The van der Waals surface area contributed by atoms with E-state index in [9.17, 15) is 0 Å². The van der Waals surface area contributed by atoms with E-state index in [0.717, 1.165) is 11.8 Å². The van der Waals surface area contributed by atoms with Crippen LogP contribution >= 0.6 is 0 Å².